The van der Waals surface area contributed by atoms with E-state index in [0.717, 1.165) is 0 Å². The summed E-state index contributed by atoms with van der Waals surface area (Å²) in [6, 6.07) is -1.23. The van der Waals surface area contributed by atoms with Gasteiger partial charge in [-0.3, -0.25) is 0 Å². The van der Waals surface area contributed by atoms with Gasteiger partial charge in [0.1, 0.15) is 0 Å². The molecule has 0 saturated carbocycles. The molecule has 0 spiro atoms. The molecule has 0 aromatic rings. The summed E-state index contributed by atoms with van der Waals surface area (Å²) in [6.07, 6.45) is 1.97. The van der Waals surface area contributed by atoms with Gasteiger partial charge >= 0.3 is 12.0 Å². The first-order chi connectivity index (χ1) is 8.37. The van der Waals surface area contributed by atoms with E-state index in [1.165, 1.54) is 4.90 Å². The molecule has 6 nitrogen and oxygen atoms in total. The van der Waals surface area contributed by atoms with Crippen molar-refractivity contribution in [1.29, 1.82) is 0 Å². The molecular formula is C11H20N2O4S. The molecule has 104 valence electrons. The minimum atomic E-state index is -1.03. The molecule has 1 fully saturated rings. The van der Waals surface area contributed by atoms with Crippen LogP contribution >= 0.6 is 11.8 Å². The summed E-state index contributed by atoms with van der Waals surface area (Å²) in [5.41, 5.74) is 0. The summed E-state index contributed by atoms with van der Waals surface area (Å²) in [5, 5.41) is 11.8. The van der Waals surface area contributed by atoms with Crippen molar-refractivity contribution in [2.75, 3.05) is 32.6 Å². The van der Waals surface area contributed by atoms with Crippen LogP contribution in [0.5, 0.6) is 0 Å². The molecule has 0 aromatic heterocycles. The largest absolute Gasteiger partial charge is 0.480 e. The van der Waals surface area contributed by atoms with Gasteiger partial charge in [0.2, 0.25) is 0 Å². The highest BCUT2D eigenvalue weighted by Crippen LogP contribution is 2.19. The third-order valence-electron chi connectivity index (χ3n) is 2.89. The van der Waals surface area contributed by atoms with Crippen LogP contribution in [-0.4, -0.2) is 65.4 Å². The first-order valence-electron chi connectivity index (χ1n) is 5.77. The predicted molar refractivity (Wildman–Crippen MR) is 69.9 cm³/mol. The molecule has 1 heterocycles. The Kier molecular flexibility index (Phi) is 5.28. The second-order valence-electron chi connectivity index (χ2n) is 4.74. The predicted octanol–water partition coefficient (Wildman–Crippen LogP) is 0.623. The van der Waals surface area contributed by atoms with Gasteiger partial charge < -0.3 is 20.1 Å². The molecule has 1 aliphatic heterocycles. The molecule has 0 bridgehead atoms. The standard InChI is InChI=1S/C11H20N2O4S/c1-11(2,18-3)7-12-10(16)13-4-5-17-6-8(13)9(14)15/h8H,4-7H2,1-3H3,(H,12,16)(H,14,15). The normalized spacial score (nSPS) is 20.6. The number of carbonyl (C=O) groups excluding carboxylic acids is 1. The maximum absolute atomic E-state index is 12.0. The Hall–Kier alpha value is -0.950. The van der Waals surface area contributed by atoms with Crippen molar-refractivity contribution >= 4 is 23.8 Å². The average Bonchev–Trinajstić information content (AvgIpc) is 2.36. The molecule has 2 amide bonds. The number of carbonyl (C=O) groups is 2. The van der Waals surface area contributed by atoms with Crippen LogP contribution in [0.25, 0.3) is 0 Å². The van der Waals surface area contributed by atoms with Crippen molar-refractivity contribution in [3.05, 3.63) is 0 Å². The Balaban J connectivity index is 2.56. The number of morpholine rings is 1. The number of carboxylic acids is 1. The highest BCUT2D eigenvalue weighted by molar-refractivity contribution is 7.99. The third-order valence-corrected chi connectivity index (χ3v) is 4.14. The molecule has 1 saturated heterocycles. The summed E-state index contributed by atoms with van der Waals surface area (Å²) < 4.78 is 5.01. The van der Waals surface area contributed by atoms with E-state index in [4.69, 9.17) is 9.84 Å². The number of carboxylic acid groups (broad SMARTS) is 1. The Morgan fingerprint density at radius 3 is 2.78 bits per heavy atom. The van der Waals surface area contributed by atoms with E-state index in [1.54, 1.807) is 11.8 Å². The zero-order chi connectivity index (χ0) is 13.8. The summed E-state index contributed by atoms with van der Waals surface area (Å²) in [6.45, 7) is 5.27. The molecule has 1 rings (SSSR count). The summed E-state index contributed by atoms with van der Waals surface area (Å²) in [5.74, 6) is -1.03. The smallest absolute Gasteiger partial charge is 0.328 e. The molecule has 18 heavy (non-hydrogen) atoms. The van der Waals surface area contributed by atoms with Crippen LogP contribution in [0.1, 0.15) is 13.8 Å². The van der Waals surface area contributed by atoms with Crippen LogP contribution in [0.3, 0.4) is 0 Å². The second kappa shape index (κ2) is 6.29. The Bertz CT molecular complexity index is 322. The maximum atomic E-state index is 12.0. The van der Waals surface area contributed by atoms with Gasteiger partial charge in [-0.2, -0.15) is 11.8 Å². The number of nitrogens with one attached hydrogen (secondary N) is 1. The summed E-state index contributed by atoms with van der Waals surface area (Å²) >= 11 is 1.65. The fraction of sp³-hybridized carbons (Fsp3) is 0.818. The van der Waals surface area contributed by atoms with Crippen molar-refractivity contribution in [3.63, 3.8) is 0 Å². The van der Waals surface area contributed by atoms with Crippen LogP contribution < -0.4 is 5.32 Å². The average molecular weight is 276 g/mol. The number of rotatable bonds is 4. The quantitative estimate of drug-likeness (QED) is 0.787. The summed E-state index contributed by atoms with van der Waals surface area (Å²) in [4.78, 5) is 24.3. The van der Waals surface area contributed by atoms with Crippen LogP contribution in [0.2, 0.25) is 0 Å². The number of thioether (sulfide) groups is 1. The molecule has 1 aliphatic rings. The van der Waals surface area contributed by atoms with E-state index in [1.807, 2.05) is 20.1 Å². The molecule has 0 aliphatic carbocycles. The number of nitrogens with zero attached hydrogens (tertiary/aromatic N) is 1. The highest BCUT2D eigenvalue weighted by Gasteiger charge is 2.33. The Labute approximate surface area is 111 Å². The minimum Gasteiger partial charge on any atom is -0.480 e. The molecule has 2 N–H and O–H groups in total. The van der Waals surface area contributed by atoms with E-state index < -0.39 is 12.0 Å². The number of amides is 2. The first-order valence-corrected chi connectivity index (χ1v) is 7.00. The zero-order valence-electron chi connectivity index (χ0n) is 10.9. The van der Waals surface area contributed by atoms with Crippen LogP contribution in [-0.2, 0) is 9.53 Å². The first kappa shape index (κ1) is 15.1. The van der Waals surface area contributed by atoms with Crippen LogP contribution in [0, 0.1) is 0 Å². The number of hydrogen-bond acceptors (Lipinski definition) is 4. The van der Waals surface area contributed by atoms with Gasteiger partial charge in [0.15, 0.2) is 6.04 Å². The van der Waals surface area contributed by atoms with Gasteiger partial charge in [0.05, 0.1) is 13.2 Å². The topological polar surface area (TPSA) is 78.9 Å². The maximum Gasteiger partial charge on any atom is 0.328 e. The Morgan fingerprint density at radius 2 is 2.22 bits per heavy atom. The molecule has 0 radical (unpaired) electrons. The summed E-state index contributed by atoms with van der Waals surface area (Å²) in [7, 11) is 0. The lowest BCUT2D eigenvalue weighted by molar-refractivity contribution is -0.147. The van der Waals surface area contributed by atoms with Crippen molar-refractivity contribution in [2.24, 2.45) is 0 Å². The van der Waals surface area contributed by atoms with Crippen molar-refractivity contribution in [1.82, 2.24) is 10.2 Å². The van der Waals surface area contributed by atoms with Crippen LogP contribution in [0.4, 0.5) is 4.79 Å². The lowest BCUT2D eigenvalue weighted by Gasteiger charge is -2.34. The fourth-order valence-electron chi connectivity index (χ4n) is 1.51. The van der Waals surface area contributed by atoms with E-state index in [0.29, 0.717) is 19.7 Å². The van der Waals surface area contributed by atoms with Crippen molar-refractivity contribution in [2.45, 2.75) is 24.6 Å². The van der Waals surface area contributed by atoms with Gasteiger partial charge in [-0.05, 0) is 20.1 Å². The van der Waals surface area contributed by atoms with Crippen molar-refractivity contribution in [3.8, 4) is 0 Å². The van der Waals surface area contributed by atoms with Gasteiger partial charge in [-0.15, -0.1) is 0 Å². The monoisotopic (exact) mass is 276 g/mol. The number of urea groups is 1. The van der Waals surface area contributed by atoms with E-state index in [-0.39, 0.29) is 17.4 Å². The van der Waals surface area contributed by atoms with Crippen molar-refractivity contribution < 1.29 is 19.4 Å². The SMILES string of the molecule is CSC(C)(C)CNC(=O)N1CCOCC1C(=O)O. The second-order valence-corrected chi connectivity index (χ2v) is 6.26. The lowest BCUT2D eigenvalue weighted by Crippen LogP contribution is -2.56. The van der Waals surface area contributed by atoms with Gasteiger partial charge in [-0.1, -0.05) is 0 Å². The molecule has 1 unspecified atom stereocenters. The third kappa shape index (κ3) is 4.06. The van der Waals surface area contributed by atoms with E-state index >= 15 is 0 Å². The van der Waals surface area contributed by atoms with E-state index in [2.05, 4.69) is 5.32 Å². The van der Waals surface area contributed by atoms with Gasteiger partial charge in [0.25, 0.3) is 0 Å². The van der Waals surface area contributed by atoms with Gasteiger partial charge in [0, 0.05) is 17.8 Å². The van der Waals surface area contributed by atoms with Crippen LogP contribution in [0.15, 0.2) is 0 Å². The minimum absolute atomic E-state index is 0.0503. The zero-order valence-corrected chi connectivity index (χ0v) is 11.7. The number of hydrogen-bond donors (Lipinski definition) is 2. The molecular weight excluding hydrogens is 256 g/mol. The van der Waals surface area contributed by atoms with Gasteiger partial charge in [-0.25, -0.2) is 9.59 Å². The van der Waals surface area contributed by atoms with E-state index in [9.17, 15) is 9.59 Å². The lowest BCUT2D eigenvalue weighted by atomic mass is 10.2. The number of ether oxygens (including phenoxy) is 1. The fourth-order valence-corrected chi connectivity index (χ4v) is 1.73. The molecule has 7 heteroatoms. The molecule has 1 atom stereocenters. The Morgan fingerprint density at radius 1 is 1.56 bits per heavy atom. The number of aliphatic carboxylic acids is 1. The molecule has 0 aromatic carbocycles. The highest BCUT2D eigenvalue weighted by atomic mass is 32.2.